The first-order valence-electron chi connectivity index (χ1n) is 5.93. The Morgan fingerprint density at radius 3 is 2.90 bits per heavy atom. The summed E-state index contributed by atoms with van der Waals surface area (Å²) in [6.45, 7) is 3.96. The minimum atomic E-state index is -0.408. The summed E-state index contributed by atoms with van der Waals surface area (Å²) in [6, 6.07) is 0. The number of amides is 1. The minimum Gasteiger partial charge on any atom is -0.295 e. The van der Waals surface area contributed by atoms with Gasteiger partial charge in [0.05, 0.1) is 11.2 Å². The molecule has 0 saturated carbocycles. The first-order valence-corrected chi connectivity index (χ1v) is 8.11. The summed E-state index contributed by atoms with van der Waals surface area (Å²) in [7, 11) is 0. The monoisotopic (exact) mass is 329 g/mol. The fraction of sp³-hybridized carbons (Fsp3) is 0.364. The van der Waals surface area contributed by atoms with Crippen molar-refractivity contribution < 1.29 is 4.79 Å². The highest BCUT2D eigenvalue weighted by Crippen LogP contribution is 2.20. The Balaban J connectivity index is 2.17. The van der Waals surface area contributed by atoms with Crippen LogP contribution in [0.3, 0.4) is 0 Å². The first-order chi connectivity index (χ1) is 9.63. The van der Waals surface area contributed by atoms with Gasteiger partial charge in [0.25, 0.3) is 5.91 Å². The van der Waals surface area contributed by atoms with Gasteiger partial charge in [-0.1, -0.05) is 48.5 Å². The number of aryl methyl sites for hydroxylation is 1. The van der Waals surface area contributed by atoms with E-state index in [9.17, 15) is 4.79 Å². The molecule has 0 saturated heterocycles. The first kappa shape index (κ1) is 15.1. The van der Waals surface area contributed by atoms with Crippen LogP contribution in [0.25, 0.3) is 0 Å². The Hall–Kier alpha value is -1.25. The van der Waals surface area contributed by atoms with Gasteiger partial charge in [-0.25, -0.2) is 9.97 Å². The van der Waals surface area contributed by atoms with E-state index in [4.69, 9.17) is 11.6 Å². The highest BCUT2D eigenvalue weighted by Gasteiger charge is 2.16. The van der Waals surface area contributed by atoms with Crippen LogP contribution in [-0.4, -0.2) is 31.8 Å². The highest BCUT2D eigenvalue weighted by atomic mass is 35.5. The summed E-state index contributed by atoms with van der Waals surface area (Å²) >= 11 is 8.74. The van der Waals surface area contributed by atoms with Gasteiger partial charge in [-0.3, -0.25) is 10.1 Å². The molecular weight excluding hydrogens is 318 g/mol. The van der Waals surface area contributed by atoms with Crippen molar-refractivity contribution in [3.63, 3.8) is 0 Å². The second kappa shape index (κ2) is 6.96. The van der Waals surface area contributed by atoms with E-state index in [0.717, 1.165) is 17.2 Å². The third-order valence-electron chi connectivity index (χ3n) is 2.20. The van der Waals surface area contributed by atoms with Crippen molar-refractivity contribution in [3.8, 4) is 0 Å². The maximum Gasteiger partial charge on any atom is 0.277 e. The normalized spacial score (nSPS) is 10.6. The van der Waals surface area contributed by atoms with Crippen LogP contribution in [0, 0.1) is 0 Å². The van der Waals surface area contributed by atoms with Crippen molar-refractivity contribution in [2.75, 3.05) is 11.1 Å². The Kier molecular flexibility index (Phi) is 5.27. The number of aromatic nitrogens is 4. The topological polar surface area (TPSA) is 80.7 Å². The Labute approximate surface area is 129 Å². The van der Waals surface area contributed by atoms with Crippen LogP contribution < -0.4 is 5.32 Å². The number of thioether (sulfide) groups is 1. The lowest BCUT2D eigenvalue weighted by molar-refractivity contribution is 0.102. The molecule has 0 aliphatic rings. The molecule has 6 nitrogen and oxygen atoms in total. The van der Waals surface area contributed by atoms with E-state index in [2.05, 4.69) is 25.5 Å². The number of rotatable bonds is 5. The lowest BCUT2D eigenvalue weighted by Gasteiger charge is -2.04. The van der Waals surface area contributed by atoms with Crippen LogP contribution in [0.5, 0.6) is 0 Å². The van der Waals surface area contributed by atoms with Gasteiger partial charge in [0.1, 0.15) is 5.01 Å². The lowest BCUT2D eigenvalue weighted by atomic mass is 10.4. The summed E-state index contributed by atoms with van der Waals surface area (Å²) < 4.78 is 0. The van der Waals surface area contributed by atoms with Crippen LogP contribution >= 0.6 is 34.7 Å². The molecule has 1 amide bonds. The van der Waals surface area contributed by atoms with Crippen molar-refractivity contribution >= 4 is 45.7 Å². The zero-order valence-corrected chi connectivity index (χ0v) is 13.3. The molecule has 106 valence electrons. The maximum absolute atomic E-state index is 12.1. The van der Waals surface area contributed by atoms with Crippen molar-refractivity contribution in [1.29, 1.82) is 0 Å². The second-order valence-electron chi connectivity index (χ2n) is 3.59. The molecule has 0 aliphatic carbocycles. The zero-order chi connectivity index (χ0) is 14.5. The number of carbonyl (C=O) groups excluding carboxylic acids is 1. The number of carbonyl (C=O) groups is 1. The van der Waals surface area contributed by atoms with E-state index in [-0.39, 0.29) is 10.7 Å². The van der Waals surface area contributed by atoms with E-state index >= 15 is 0 Å². The molecule has 2 heterocycles. The standard InChI is InChI=1S/C11H12ClN5OS2/c1-3-7-16-17-11(20-7)15-9(18)8-6(12)5-13-10(14-8)19-4-2/h5H,3-4H2,1-2H3,(H,15,17,18). The molecule has 0 unspecified atom stereocenters. The van der Waals surface area contributed by atoms with Crippen LogP contribution in [0.15, 0.2) is 11.4 Å². The van der Waals surface area contributed by atoms with E-state index in [0.29, 0.717) is 10.3 Å². The van der Waals surface area contributed by atoms with Gasteiger partial charge in [0, 0.05) is 0 Å². The number of hydrogen-bond acceptors (Lipinski definition) is 7. The third kappa shape index (κ3) is 3.65. The van der Waals surface area contributed by atoms with Gasteiger partial charge in [0.15, 0.2) is 10.9 Å². The Morgan fingerprint density at radius 1 is 1.45 bits per heavy atom. The average Bonchev–Trinajstić information content (AvgIpc) is 2.88. The minimum absolute atomic E-state index is 0.144. The summed E-state index contributed by atoms with van der Waals surface area (Å²) in [4.78, 5) is 20.3. The highest BCUT2D eigenvalue weighted by molar-refractivity contribution is 7.99. The van der Waals surface area contributed by atoms with E-state index < -0.39 is 5.91 Å². The molecule has 0 spiro atoms. The smallest absolute Gasteiger partial charge is 0.277 e. The van der Waals surface area contributed by atoms with Crippen LogP contribution in [-0.2, 0) is 6.42 Å². The molecule has 0 fully saturated rings. The predicted molar refractivity (Wildman–Crippen MR) is 80.7 cm³/mol. The van der Waals surface area contributed by atoms with Gasteiger partial charge >= 0.3 is 0 Å². The lowest BCUT2D eigenvalue weighted by Crippen LogP contribution is -2.15. The van der Waals surface area contributed by atoms with E-state index in [1.807, 2.05) is 13.8 Å². The summed E-state index contributed by atoms with van der Waals surface area (Å²) in [6.07, 6.45) is 2.21. The Bertz CT molecular complexity index is 619. The fourth-order valence-electron chi connectivity index (χ4n) is 1.31. The van der Waals surface area contributed by atoms with Crippen LogP contribution in [0.4, 0.5) is 5.13 Å². The SMILES string of the molecule is CCSc1ncc(Cl)c(C(=O)Nc2nnc(CC)s2)n1. The van der Waals surface area contributed by atoms with Crippen molar-refractivity contribution in [1.82, 2.24) is 20.2 Å². The summed E-state index contributed by atoms with van der Waals surface area (Å²) in [5, 5.41) is 12.5. The third-order valence-corrected chi connectivity index (χ3v) is 4.20. The largest absolute Gasteiger partial charge is 0.295 e. The molecule has 0 aromatic carbocycles. The predicted octanol–water partition coefficient (Wildman–Crippen LogP) is 2.91. The van der Waals surface area contributed by atoms with Crippen LogP contribution in [0.1, 0.15) is 29.3 Å². The molecule has 2 rings (SSSR count). The molecule has 0 radical (unpaired) electrons. The second-order valence-corrected chi connectivity index (χ2v) is 6.29. The van der Waals surface area contributed by atoms with E-state index in [1.54, 1.807) is 0 Å². The van der Waals surface area contributed by atoms with E-state index in [1.165, 1.54) is 29.3 Å². The van der Waals surface area contributed by atoms with Crippen molar-refractivity contribution in [3.05, 3.63) is 21.9 Å². The molecule has 0 atom stereocenters. The Morgan fingerprint density at radius 2 is 2.25 bits per heavy atom. The van der Waals surface area contributed by atoms with Gasteiger partial charge < -0.3 is 0 Å². The summed E-state index contributed by atoms with van der Waals surface area (Å²) in [5.74, 6) is 0.410. The molecule has 20 heavy (non-hydrogen) atoms. The van der Waals surface area contributed by atoms with Gasteiger partial charge in [-0.05, 0) is 12.2 Å². The molecule has 9 heteroatoms. The number of nitrogens with one attached hydrogen (secondary N) is 1. The number of halogens is 1. The average molecular weight is 330 g/mol. The molecule has 2 aromatic heterocycles. The maximum atomic E-state index is 12.1. The molecule has 2 aromatic rings. The van der Waals surface area contributed by atoms with Crippen molar-refractivity contribution in [2.45, 2.75) is 25.4 Å². The molecular formula is C11H12ClN5OS2. The van der Waals surface area contributed by atoms with Crippen LogP contribution in [0.2, 0.25) is 5.02 Å². The molecule has 0 bridgehead atoms. The number of anilines is 1. The summed E-state index contributed by atoms with van der Waals surface area (Å²) in [5.41, 5.74) is 0.144. The zero-order valence-electron chi connectivity index (χ0n) is 10.9. The fourth-order valence-corrected chi connectivity index (χ4v) is 2.70. The molecule has 0 aliphatic heterocycles. The number of nitrogens with zero attached hydrogens (tertiary/aromatic N) is 4. The van der Waals surface area contributed by atoms with Gasteiger partial charge in [0.2, 0.25) is 5.13 Å². The quantitative estimate of drug-likeness (QED) is 0.671. The van der Waals surface area contributed by atoms with Gasteiger partial charge in [-0.2, -0.15) is 0 Å². The van der Waals surface area contributed by atoms with Gasteiger partial charge in [-0.15, -0.1) is 10.2 Å². The van der Waals surface area contributed by atoms with Crippen molar-refractivity contribution in [2.24, 2.45) is 0 Å². The molecule has 1 N–H and O–H groups in total. The number of hydrogen-bond donors (Lipinski definition) is 1.